The van der Waals surface area contributed by atoms with Gasteiger partial charge in [-0.25, -0.2) is 0 Å². The summed E-state index contributed by atoms with van der Waals surface area (Å²) in [5.41, 5.74) is -0.0704. The van der Waals surface area contributed by atoms with Crippen molar-refractivity contribution in [1.82, 2.24) is 0 Å². The molecule has 90 valence electrons. The van der Waals surface area contributed by atoms with Gasteiger partial charge in [0.25, 0.3) is 5.91 Å². The molecule has 0 saturated heterocycles. The molecule has 0 aliphatic heterocycles. The van der Waals surface area contributed by atoms with E-state index in [-0.39, 0.29) is 0 Å². The molecule has 1 aromatic rings. The largest absolute Gasteiger partial charge is 0.510 e. The number of benzene rings is 1. The summed E-state index contributed by atoms with van der Waals surface area (Å²) in [6, 6.07) is 6.51. The quantitative estimate of drug-likeness (QED) is 0.476. The Balaban J connectivity index is 2.81. The van der Waals surface area contributed by atoms with Crippen LogP contribution in [0.15, 0.2) is 40.9 Å². The smallest absolute Gasteiger partial charge is 0.281 e. The number of aliphatic hydroxyl groups is 1. The number of rotatable bonds is 4. The molecule has 0 aliphatic rings. The van der Waals surface area contributed by atoms with Crippen LogP contribution in [0.3, 0.4) is 0 Å². The van der Waals surface area contributed by atoms with Crippen LogP contribution in [-0.2, 0) is 4.79 Å². The fraction of sp³-hybridized carbons (Fsp3) is 0.182. The van der Waals surface area contributed by atoms with Crippen LogP contribution in [0.1, 0.15) is 6.92 Å². The lowest BCUT2D eigenvalue weighted by molar-refractivity contribution is -0.113. The Morgan fingerprint density at radius 2 is 1.94 bits per heavy atom. The summed E-state index contributed by atoms with van der Waals surface area (Å²) in [5, 5.41) is 13.9. The number of methoxy groups -OCH3 is 1. The maximum Gasteiger partial charge on any atom is 0.281 e. The Labute approximate surface area is 97.9 Å². The average Bonchev–Trinajstić information content (AvgIpc) is 2.30. The normalized spacial score (nSPS) is 11.4. The Bertz CT molecular complexity index is 447. The van der Waals surface area contributed by atoms with Gasteiger partial charge >= 0.3 is 0 Å². The third kappa shape index (κ3) is 3.30. The summed E-state index contributed by atoms with van der Waals surface area (Å²) in [4.78, 5) is 21.8. The first kappa shape index (κ1) is 12.7. The van der Waals surface area contributed by atoms with Crippen molar-refractivity contribution in [2.75, 3.05) is 12.4 Å². The Kier molecular flexibility index (Phi) is 4.21. The van der Waals surface area contributed by atoms with Crippen molar-refractivity contribution in [2.24, 2.45) is 5.18 Å². The minimum atomic E-state index is -0.759. The fourth-order valence-electron chi connectivity index (χ4n) is 1.14. The van der Waals surface area contributed by atoms with Crippen LogP contribution in [0.5, 0.6) is 5.75 Å². The molecule has 0 heterocycles. The number of allylic oxidation sites excluding steroid dienone is 1. The zero-order valence-electron chi connectivity index (χ0n) is 9.43. The summed E-state index contributed by atoms with van der Waals surface area (Å²) in [6.45, 7) is 1.21. The highest BCUT2D eigenvalue weighted by molar-refractivity contribution is 6.03. The van der Waals surface area contributed by atoms with Gasteiger partial charge in [0.05, 0.1) is 7.11 Å². The molecule has 0 radical (unpaired) electrons. The van der Waals surface area contributed by atoms with Crippen LogP contribution in [0.25, 0.3) is 0 Å². The Morgan fingerprint density at radius 3 is 2.35 bits per heavy atom. The second kappa shape index (κ2) is 5.64. The Hall–Kier alpha value is -2.37. The summed E-state index contributed by atoms with van der Waals surface area (Å²) in [5.74, 6) is -0.540. The molecule has 0 unspecified atom stereocenters. The van der Waals surface area contributed by atoms with Crippen molar-refractivity contribution < 1.29 is 14.6 Å². The molecule has 6 nitrogen and oxygen atoms in total. The Morgan fingerprint density at radius 1 is 1.35 bits per heavy atom. The van der Waals surface area contributed by atoms with Gasteiger partial charge < -0.3 is 15.2 Å². The predicted molar refractivity (Wildman–Crippen MR) is 62.7 cm³/mol. The van der Waals surface area contributed by atoms with Gasteiger partial charge in [-0.15, -0.1) is 4.91 Å². The van der Waals surface area contributed by atoms with Crippen molar-refractivity contribution in [3.05, 3.63) is 40.6 Å². The highest BCUT2D eigenvalue weighted by Crippen LogP contribution is 2.16. The fourth-order valence-corrected chi connectivity index (χ4v) is 1.14. The van der Waals surface area contributed by atoms with Gasteiger partial charge in [0.1, 0.15) is 11.5 Å². The zero-order valence-corrected chi connectivity index (χ0v) is 9.43. The summed E-state index contributed by atoms with van der Waals surface area (Å²) < 4.78 is 4.95. The van der Waals surface area contributed by atoms with Crippen molar-refractivity contribution in [3.63, 3.8) is 0 Å². The number of carbonyl (C=O) groups excluding carboxylic acids is 1. The molecule has 0 atom stereocenters. The number of hydrogen-bond acceptors (Lipinski definition) is 5. The zero-order chi connectivity index (χ0) is 12.8. The molecule has 0 saturated carbocycles. The van der Waals surface area contributed by atoms with E-state index in [1.165, 1.54) is 14.0 Å². The van der Waals surface area contributed by atoms with E-state index in [1.54, 1.807) is 24.3 Å². The minimum Gasteiger partial charge on any atom is -0.510 e. The number of hydrogen-bond donors (Lipinski definition) is 2. The van der Waals surface area contributed by atoms with E-state index < -0.39 is 17.4 Å². The molecule has 2 N–H and O–H groups in total. The molecular formula is C11H12N2O4. The van der Waals surface area contributed by atoms with Crippen LogP contribution >= 0.6 is 0 Å². The van der Waals surface area contributed by atoms with Gasteiger partial charge in [-0.3, -0.25) is 4.79 Å². The minimum absolute atomic E-state index is 0.425. The number of amides is 1. The molecule has 0 fully saturated rings. The van der Waals surface area contributed by atoms with E-state index in [4.69, 9.17) is 9.84 Å². The van der Waals surface area contributed by atoms with E-state index in [1.807, 2.05) is 0 Å². The second-order valence-electron chi connectivity index (χ2n) is 3.21. The maximum absolute atomic E-state index is 11.5. The van der Waals surface area contributed by atoms with Crippen molar-refractivity contribution in [3.8, 4) is 5.75 Å². The summed E-state index contributed by atoms with van der Waals surface area (Å²) in [7, 11) is 1.53. The highest BCUT2D eigenvalue weighted by Gasteiger charge is 2.13. The maximum atomic E-state index is 11.5. The monoisotopic (exact) mass is 236 g/mol. The highest BCUT2D eigenvalue weighted by atomic mass is 16.5. The van der Waals surface area contributed by atoms with Crippen LogP contribution in [0.2, 0.25) is 0 Å². The van der Waals surface area contributed by atoms with Gasteiger partial charge in [-0.05, 0) is 36.4 Å². The van der Waals surface area contributed by atoms with Gasteiger partial charge in [-0.1, -0.05) is 0 Å². The number of anilines is 1. The molecule has 6 heteroatoms. The van der Waals surface area contributed by atoms with Crippen LogP contribution in [0, 0.1) is 4.91 Å². The van der Waals surface area contributed by atoms with E-state index in [9.17, 15) is 9.70 Å². The molecule has 1 amide bonds. The first-order valence-electron chi connectivity index (χ1n) is 4.77. The molecular weight excluding hydrogens is 224 g/mol. The van der Waals surface area contributed by atoms with Crippen LogP contribution < -0.4 is 10.1 Å². The second-order valence-corrected chi connectivity index (χ2v) is 3.21. The molecule has 1 aromatic carbocycles. The average molecular weight is 236 g/mol. The van der Waals surface area contributed by atoms with Gasteiger partial charge in [-0.2, -0.15) is 0 Å². The topological polar surface area (TPSA) is 88.0 Å². The van der Waals surface area contributed by atoms with Gasteiger partial charge in [0.15, 0.2) is 0 Å². The number of carbonyl (C=O) groups is 1. The molecule has 1 rings (SSSR count). The van der Waals surface area contributed by atoms with Crippen molar-refractivity contribution in [1.29, 1.82) is 0 Å². The van der Waals surface area contributed by atoms with E-state index >= 15 is 0 Å². The first-order chi connectivity index (χ1) is 8.08. The van der Waals surface area contributed by atoms with Crippen molar-refractivity contribution >= 4 is 11.6 Å². The number of aliphatic hydroxyl groups excluding tert-OH is 1. The molecule has 17 heavy (non-hydrogen) atoms. The molecule has 0 spiro atoms. The van der Waals surface area contributed by atoms with Crippen molar-refractivity contribution in [2.45, 2.75) is 6.92 Å². The van der Waals surface area contributed by atoms with Gasteiger partial charge in [0, 0.05) is 5.69 Å². The number of ether oxygens (including phenoxy) is 1. The van der Waals surface area contributed by atoms with Crippen LogP contribution in [0.4, 0.5) is 5.69 Å². The molecule has 0 aliphatic carbocycles. The first-order valence-corrected chi connectivity index (χ1v) is 4.77. The lowest BCUT2D eigenvalue weighted by Crippen LogP contribution is -2.14. The SMILES string of the molecule is COc1ccc(NC(=O)C(N=O)=C(C)O)cc1. The predicted octanol–water partition coefficient (Wildman–Crippen LogP) is 2.19. The van der Waals surface area contributed by atoms with E-state index in [0.717, 1.165) is 0 Å². The third-order valence-electron chi connectivity index (χ3n) is 2.00. The summed E-state index contributed by atoms with van der Waals surface area (Å²) >= 11 is 0. The number of nitrogens with zero attached hydrogens (tertiary/aromatic N) is 1. The van der Waals surface area contributed by atoms with E-state index in [2.05, 4.69) is 10.5 Å². The standard InChI is InChI=1S/C11H12N2O4/c1-7(14)10(13-16)11(15)12-8-3-5-9(17-2)6-4-8/h3-6,14H,1-2H3,(H,12,15). The lowest BCUT2D eigenvalue weighted by Gasteiger charge is -2.05. The van der Waals surface area contributed by atoms with Crippen LogP contribution in [-0.4, -0.2) is 18.1 Å². The molecule has 0 aromatic heterocycles. The number of nitroso groups, excluding NO2 is 1. The van der Waals surface area contributed by atoms with E-state index in [0.29, 0.717) is 11.4 Å². The number of nitrogens with one attached hydrogen (secondary N) is 1. The third-order valence-corrected chi connectivity index (χ3v) is 2.00. The lowest BCUT2D eigenvalue weighted by atomic mass is 10.3. The summed E-state index contributed by atoms with van der Waals surface area (Å²) in [6.07, 6.45) is 0. The van der Waals surface area contributed by atoms with Gasteiger partial charge in [0.2, 0.25) is 5.70 Å². The molecule has 0 bridgehead atoms.